The molecule has 146 valence electrons. The number of hydrogen-bond donors (Lipinski definition) is 0. The molecule has 0 saturated carbocycles. The maximum atomic E-state index is 13.8. The van der Waals surface area contributed by atoms with Crippen molar-refractivity contribution in [1.82, 2.24) is 5.16 Å². The maximum absolute atomic E-state index is 13.8. The van der Waals surface area contributed by atoms with Crippen molar-refractivity contribution in [2.45, 2.75) is 6.61 Å². The molecule has 2 aromatic heterocycles. The van der Waals surface area contributed by atoms with Gasteiger partial charge in [0.25, 0.3) is 0 Å². The first-order chi connectivity index (χ1) is 14.1. The maximum Gasteiger partial charge on any atom is 0.351 e. The molecule has 8 heteroatoms. The SMILES string of the molecule is COc1cccc2cc(C(=O)OCc3cc(-c4ccccc4F)on3)c(=O)oc12. The van der Waals surface area contributed by atoms with E-state index in [1.165, 1.54) is 25.3 Å². The smallest absolute Gasteiger partial charge is 0.351 e. The second kappa shape index (κ2) is 7.59. The van der Waals surface area contributed by atoms with Crippen molar-refractivity contribution in [3.63, 3.8) is 0 Å². The third-order valence-corrected chi connectivity index (χ3v) is 4.21. The van der Waals surface area contributed by atoms with Crippen LogP contribution in [0.3, 0.4) is 0 Å². The topological polar surface area (TPSA) is 91.8 Å². The van der Waals surface area contributed by atoms with Gasteiger partial charge < -0.3 is 18.4 Å². The summed E-state index contributed by atoms with van der Waals surface area (Å²) in [5.74, 6) is -0.760. The molecule has 0 amide bonds. The minimum atomic E-state index is -0.876. The zero-order valence-electron chi connectivity index (χ0n) is 15.2. The van der Waals surface area contributed by atoms with Gasteiger partial charge >= 0.3 is 11.6 Å². The van der Waals surface area contributed by atoms with Gasteiger partial charge in [0, 0.05) is 11.5 Å². The number of ether oxygens (including phenoxy) is 2. The molecule has 0 fully saturated rings. The number of carbonyl (C=O) groups is 1. The van der Waals surface area contributed by atoms with Crippen molar-refractivity contribution in [1.29, 1.82) is 0 Å². The molecule has 2 aromatic carbocycles. The van der Waals surface area contributed by atoms with Gasteiger partial charge in [0.15, 0.2) is 17.1 Å². The summed E-state index contributed by atoms with van der Waals surface area (Å²) in [4.78, 5) is 24.5. The Morgan fingerprint density at radius 1 is 1.14 bits per heavy atom. The van der Waals surface area contributed by atoms with Gasteiger partial charge in [-0.15, -0.1) is 0 Å². The Labute approximate surface area is 163 Å². The van der Waals surface area contributed by atoms with E-state index in [-0.39, 0.29) is 34.8 Å². The molecule has 0 atom stereocenters. The van der Waals surface area contributed by atoms with Gasteiger partial charge in [-0.25, -0.2) is 14.0 Å². The van der Waals surface area contributed by atoms with Crippen LogP contribution >= 0.6 is 0 Å². The van der Waals surface area contributed by atoms with E-state index in [1.54, 1.807) is 36.4 Å². The summed E-state index contributed by atoms with van der Waals surface area (Å²) < 4.78 is 34.4. The Hall–Kier alpha value is -3.94. The van der Waals surface area contributed by atoms with E-state index in [0.29, 0.717) is 11.1 Å². The lowest BCUT2D eigenvalue weighted by molar-refractivity contribution is 0.0459. The number of rotatable bonds is 5. The fourth-order valence-corrected chi connectivity index (χ4v) is 2.81. The van der Waals surface area contributed by atoms with Crippen LogP contribution in [0, 0.1) is 5.82 Å². The van der Waals surface area contributed by atoms with Crippen LogP contribution in [0.15, 0.2) is 68.3 Å². The molecule has 0 spiro atoms. The van der Waals surface area contributed by atoms with E-state index in [9.17, 15) is 14.0 Å². The summed E-state index contributed by atoms with van der Waals surface area (Å²) in [5.41, 5.74) is -0.365. The molecule has 0 aliphatic rings. The molecule has 0 N–H and O–H groups in total. The Morgan fingerprint density at radius 2 is 1.97 bits per heavy atom. The second-order valence-corrected chi connectivity index (χ2v) is 6.06. The minimum Gasteiger partial charge on any atom is -0.493 e. The molecule has 7 nitrogen and oxygen atoms in total. The molecule has 0 radical (unpaired) electrons. The first-order valence-electron chi connectivity index (χ1n) is 8.55. The highest BCUT2D eigenvalue weighted by Crippen LogP contribution is 2.25. The fraction of sp³-hybridized carbons (Fsp3) is 0.0952. The number of nitrogens with zero attached hydrogens (tertiary/aromatic N) is 1. The highest BCUT2D eigenvalue weighted by molar-refractivity contribution is 5.94. The van der Waals surface area contributed by atoms with E-state index < -0.39 is 17.4 Å². The van der Waals surface area contributed by atoms with Crippen molar-refractivity contribution in [3.05, 3.63) is 82.1 Å². The Balaban J connectivity index is 1.53. The molecule has 0 saturated heterocycles. The molecular weight excluding hydrogens is 381 g/mol. The predicted octanol–water partition coefficient (Wildman–Crippen LogP) is 3.95. The summed E-state index contributed by atoms with van der Waals surface area (Å²) in [5, 5.41) is 4.27. The first kappa shape index (κ1) is 18.4. The van der Waals surface area contributed by atoms with Crippen molar-refractivity contribution >= 4 is 16.9 Å². The van der Waals surface area contributed by atoms with Crippen molar-refractivity contribution in [2.75, 3.05) is 7.11 Å². The lowest BCUT2D eigenvalue weighted by Crippen LogP contribution is -2.16. The van der Waals surface area contributed by atoms with E-state index in [0.717, 1.165) is 0 Å². The fourth-order valence-electron chi connectivity index (χ4n) is 2.81. The van der Waals surface area contributed by atoms with Crippen LogP contribution in [-0.4, -0.2) is 18.2 Å². The summed E-state index contributed by atoms with van der Waals surface area (Å²) in [6.45, 7) is -0.258. The van der Waals surface area contributed by atoms with E-state index >= 15 is 0 Å². The van der Waals surface area contributed by atoms with Crippen molar-refractivity contribution in [3.8, 4) is 17.1 Å². The summed E-state index contributed by atoms with van der Waals surface area (Å²) in [7, 11) is 1.45. The number of halogens is 1. The quantitative estimate of drug-likeness (QED) is 0.373. The van der Waals surface area contributed by atoms with E-state index in [4.69, 9.17) is 18.4 Å². The van der Waals surface area contributed by atoms with Crippen LogP contribution in [0.5, 0.6) is 5.75 Å². The van der Waals surface area contributed by atoms with Crippen LogP contribution in [-0.2, 0) is 11.3 Å². The van der Waals surface area contributed by atoms with E-state index in [1.807, 2.05) is 0 Å². The number of carbonyl (C=O) groups excluding carboxylic acids is 1. The number of methoxy groups -OCH3 is 1. The van der Waals surface area contributed by atoms with Gasteiger partial charge in [0.1, 0.15) is 23.7 Å². The summed E-state index contributed by atoms with van der Waals surface area (Å²) in [6.07, 6.45) is 0. The third-order valence-electron chi connectivity index (χ3n) is 4.21. The van der Waals surface area contributed by atoms with Gasteiger partial charge in [0.05, 0.1) is 12.7 Å². The predicted molar refractivity (Wildman–Crippen MR) is 100 cm³/mol. The van der Waals surface area contributed by atoms with Crippen LogP contribution in [0.1, 0.15) is 16.1 Å². The monoisotopic (exact) mass is 395 g/mol. The zero-order valence-corrected chi connectivity index (χ0v) is 15.2. The summed E-state index contributed by atoms with van der Waals surface area (Å²) >= 11 is 0. The Morgan fingerprint density at radius 3 is 2.76 bits per heavy atom. The van der Waals surface area contributed by atoms with Gasteiger partial charge in [0.2, 0.25) is 0 Å². The van der Waals surface area contributed by atoms with Crippen molar-refractivity contribution < 1.29 is 27.6 Å². The van der Waals surface area contributed by atoms with Crippen molar-refractivity contribution in [2.24, 2.45) is 0 Å². The van der Waals surface area contributed by atoms with Gasteiger partial charge in [-0.2, -0.15) is 0 Å². The number of hydrogen-bond acceptors (Lipinski definition) is 7. The molecule has 0 bridgehead atoms. The Bertz CT molecular complexity index is 1260. The molecule has 4 rings (SSSR count). The van der Waals surface area contributed by atoms with Crippen LogP contribution in [0.25, 0.3) is 22.3 Å². The summed E-state index contributed by atoms with van der Waals surface area (Å²) in [6, 6.07) is 13.9. The zero-order chi connectivity index (χ0) is 20.4. The molecule has 29 heavy (non-hydrogen) atoms. The third kappa shape index (κ3) is 3.60. The average Bonchev–Trinajstić information content (AvgIpc) is 3.20. The normalized spacial score (nSPS) is 10.8. The molecule has 2 heterocycles. The molecule has 0 unspecified atom stereocenters. The van der Waals surface area contributed by atoms with Gasteiger partial charge in [-0.1, -0.05) is 29.4 Å². The van der Waals surface area contributed by atoms with Crippen LogP contribution < -0.4 is 10.4 Å². The standard InChI is InChI=1S/C21H14FNO6/c1-26-17-8-4-5-12-9-15(21(25)28-19(12)17)20(24)27-11-13-10-18(29-23-13)14-6-2-3-7-16(14)22/h2-10H,11H2,1H3. The molecular formula is C21H14FNO6. The van der Waals surface area contributed by atoms with Crippen LogP contribution in [0.4, 0.5) is 4.39 Å². The molecule has 0 aliphatic carbocycles. The average molecular weight is 395 g/mol. The highest BCUT2D eigenvalue weighted by atomic mass is 19.1. The van der Waals surface area contributed by atoms with E-state index in [2.05, 4.69) is 5.16 Å². The number of aromatic nitrogens is 1. The highest BCUT2D eigenvalue weighted by Gasteiger charge is 2.18. The largest absolute Gasteiger partial charge is 0.493 e. The van der Waals surface area contributed by atoms with Gasteiger partial charge in [-0.05, 0) is 24.3 Å². The Kier molecular flexibility index (Phi) is 4.82. The second-order valence-electron chi connectivity index (χ2n) is 6.06. The molecule has 4 aromatic rings. The minimum absolute atomic E-state index is 0.200. The lowest BCUT2D eigenvalue weighted by atomic mass is 10.1. The number of fused-ring (bicyclic) bond motifs is 1. The first-order valence-corrected chi connectivity index (χ1v) is 8.55. The number of benzene rings is 2. The number of esters is 1. The van der Waals surface area contributed by atoms with Gasteiger partial charge in [-0.3, -0.25) is 0 Å². The molecule has 0 aliphatic heterocycles. The van der Waals surface area contributed by atoms with Crippen LogP contribution in [0.2, 0.25) is 0 Å². The lowest BCUT2D eigenvalue weighted by Gasteiger charge is -2.05. The number of para-hydroxylation sites is 1.